The molecule has 0 unspecified atom stereocenters. The minimum atomic E-state index is -3.84. The molecular formula is C20H15FN2O2S2. The maximum atomic E-state index is 13.3. The number of rotatable bonds is 4. The van der Waals surface area contributed by atoms with Gasteiger partial charge in [-0.25, -0.2) is 17.8 Å². The van der Waals surface area contributed by atoms with E-state index in [1.807, 2.05) is 31.2 Å². The molecule has 0 aliphatic rings. The van der Waals surface area contributed by atoms with Crippen LogP contribution in [0.3, 0.4) is 0 Å². The Morgan fingerprint density at radius 2 is 1.78 bits per heavy atom. The molecule has 0 bridgehead atoms. The highest BCUT2D eigenvalue weighted by atomic mass is 32.2. The van der Waals surface area contributed by atoms with Crippen LogP contribution in [0.2, 0.25) is 0 Å². The zero-order chi connectivity index (χ0) is 19.0. The molecule has 0 saturated heterocycles. The van der Waals surface area contributed by atoms with Crippen molar-refractivity contribution in [2.24, 2.45) is 0 Å². The third-order valence-corrected chi connectivity index (χ3v) is 6.48. The number of nitrogens with one attached hydrogen (secondary N) is 1. The zero-order valence-electron chi connectivity index (χ0n) is 14.3. The first-order valence-corrected chi connectivity index (χ1v) is 10.5. The van der Waals surface area contributed by atoms with Crippen molar-refractivity contribution < 1.29 is 12.8 Å². The molecule has 3 aromatic carbocycles. The first kappa shape index (κ1) is 17.6. The van der Waals surface area contributed by atoms with Crippen molar-refractivity contribution in [1.82, 2.24) is 4.98 Å². The number of hydrogen-bond donors (Lipinski definition) is 1. The van der Waals surface area contributed by atoms with Crippen LogP contribution in [0.25, 0.3) is 20.8 Å². The van der Waals surface area contributed by atoms with Crippen molar-refractivity contribution in [1.29, 1.82) is 0 Å². The number of anilines is 1. The quantitative estimate of drug-likeness (QED) is 0.513. The second kappa shape index (κ2) is 6.75. The summed E-state index contributed by atoms with van der Waals surface area (Å²) in [5.74, 6) is -0.598. The van der Waals surface area contributed by atoms with Gasteiger partial charge in [0.15, 0.2) is 0 Å². The van der Waals surface area contributed by atoms with E-state index in [1.165, 1.54) is 23.8 Å². The van der Waals surface area contributed by atoms with Gasteiger partial charge in [-0.3, -0.25) is 4.72 Å². The van der Waals surface area contributed by atoms with Gasteiger partial charge in [0, 0.05) is 11.3 Å². The Morgan fingerprint density at radius 1 is 1.00 bits per heavy atom. The maximum absolute atomic E-state index is 13.3. The van der Waals surface area contributed by atoms with Gasteiger partial charge in [0.1, 0.15) is 10.8 Å². The predicted octanol–water partition coefficient (Wildman–Crippen LogP) is 5.21. The highest BCUT2D eigenvalue weighted by Crippen LogP contribution is 2.31. The van der Waals surface area contributed by atoms with Crippen molar-refractivity contribution in [3.8, 4) is 10.6 Å². The van der Waals surface area contributed by atoms with Gasteiger partial charge in [-0.1, -0.05) is 12.1 Å². The van der Waals surface area contributed by atoms with Crippen LogP contribution in [0.5, 0.6) is 0 Å². The number of aromatic nitrogens is 1. The van der Waals surface area contributed by atoms with E-state index >= 15 is 0 Å². The molecule has 1 N–H and O–H groups in total. The smallest absolute Gasteiger partial charge is 0.261 e. The Labute approximate surface area is 160 Å². The molecule has 136 valence electrons. The van der Waals surface area contributed by atoms with E-state index in [1.54, 1.807) is 23.5 Å². The number of hydrogen-bond acceptors (Lipinski definition) is 4. The van der Waals surface area contributed by atoms with Crippen LogP contribution < -0.4 is 4.72 Å². The fraction of sp³-hybridized carbons (Fsp3) is 0.0500. The number of sulfonamides is 1. The molecule has 4 rings (SSSR count). The zero-order valence-corrected chi connectivity index (χ0v) is 15.9. The highest BCUT2D eigenvalue weighted by Gasteiger charge is 2.15. The van der Waals surface area contributed by atoms with Crippen LogP contribution in [-0.4, -0.2) is 13.4 Å². The number of benzene rings is 3. The lowest BCUT2D eigenvalue weighted by Gasteiger charge is -2.08. The predicted molar refractivity (Wildman–Crippen MR) is 107 cm³/mol. The molecule has 7 heteroatoms. The van der Waals surface area contributed by atoms with Crippen LogP contribution in [0.4, 0.5) is 10.1 Å². The average Bonchev–Trinajstić information content (AvgIpc) is 3.05. The van der Waals surface area contributed by atoms with Crippen LogP contribution in [0.15, 0.2) is 71.6 Å². The van der Waals surface area contributed by atoms with Gasteiger partial charge >= 0.3 is 0 Å². The number of aryl methyl sites for hydroxylation is 1. The van der Waals surface area contributed by atoms with E-state index in [0.717, 1.165) is 26.9 Å². The second-order valence-electron chi connectivity index (χ2n) is 6.13. The number of nitrogens with zero attached hydrogens (tertiary/aromatic N) is 1. The molecule has 0 spiro atoms. The molecule has 1 aromatic heterocycles. The normalized spacial score (nSPS) is 11.6. The molecule has 0 fully saturated rings. The Morgan fingerprint density at radius 3 is 2.52 bits per heavy atom. The summed E-state index contributed by atoms with van der Waals surface area (Å²) in [4.78, 5) is 4.51. The molecule has 0 amide bonds. The third kappa shape index (κ3) is 3.70. The molecule has 0 radical (unpaired) electrons. The molecule has 0 aliphatic heterocycles. The Kier molecular flexibility index (Phi) is 4.41. The standard InChI is InChI=1S/C20H15FN2O2S2/c1-13-5-10-18-19(11-13)26-20(22-18)14-6-8-16(9-7-14)23-27(24,25)17-4-2-3-15(21)12-17/h2-12,23H,1H3. The van der Waals surface area contributed by atoms with Crippen LogP contribution >= 0.6 is 11.3 Å². The lowest BCUT2D eigenvalue weighted by atomic mass is 10.2. The fourth-order valence-corrected chi connectivity index (χ4v) is 4.84. The van der Waals surface area contributed by atoms with E-state index in [4.69, 9.17) is 0 Å². The van der Waals surface area contributed by atoms with Crippen molar-refractivity contribution in [3.05, 3.63) is 78.1 Å². The van der Waals surface area contributed by atoms with Crippen molar-refractivity contribution in [2.45, 2.75) is 11.8 Å². The highest BCUT2D eigenvalue weighted by molar-refractivity contribution is 7.92. The van der Waals surface area contributed by atoms with E-state index < -0.39 is 15.8 Å². The molecule has 4 nitrogen and oxygen atoms in total. The molecule has 0 atom stereocenters. The SMILES string of the molecule is Cc1ccc2nc(-c3ccc(NS(=O)(=O)c4cccc(F)c4)cc3)sc2c1. The van der Waals surface area contributed by atoms with E-state index in [2.05, 4.69) is 15.8 Å². The molecule has 0 aliphatic carbocycles. The molecule has 4 aromatic rings. The van der Waals surface area contributed by atoms with Gasteiger partial charge in [0.25, 0.3) is 10.0 Å². The molecule has 27 heavy (non-hydrogen) atoms. The summed E-state index contributed by atoms with van der Waals surface area (Å²) in [5.41, 5.74) is 3.43. The first-order valence-electron chi connectivity index (χ1n) is 8.17. The third-order valence-electron chi connectivity index (χ3n) is 4.03. The summed E-state index contributed by atoms with van der Waals surface area (Å²) in [6.07, 6.45) is 0. The number of thiazole rings is 1. The summed E-state index contributed by atoms with van der Waals surface area (Å²) in [5, 5.41) is 0.870. The minimum absolute atomic E-state index is 0.117. The summed E-state index contributed by atoms with van der Waals surface area (Å²) >= 11 is 1.59. The van der Waals surface area contributed by atoms with Gasteiger partial charge in [-0.15, -0.1) is 11.3 Å². The summed E-state index contributed by atoms with van der Waals surface area (Å²) in [7, 11) is -3.84. The summed E-state index contributed by atoms with van der Waals surface area (Å²) in [6, 6.07) is 18.0. The molecule has 1 heterocycles. The Bertz CT molecular complexity index is 1230. The Hall–Kier alpha value is -2.77. The molecular weight excluding hydrogens is 383 g/mol. The number of fused-ring (bicyclic) bond motifs is 1. The average molecular weight is 398 g/mol. The lowest BCUT2D eigenvalue weighted by molar-refractivity contribution is 0.595. The van der Waals surface area contributed by atoms with Crippen molar-refractivity contribution in [2.75, 3.05) is 4.72 Å². The monoisotopic (exact) mass is 398 g/mol. The largest absolute Gasteiger partial charge is 0.280 e. The van der Waals surface area contributed by atoms with Crippen LogP contribution in [-0.2, 0) is 10.0 Å². The van der Waals surface area contributed by atoms with E-state index in [0.29, 0.717) is 5.69 Å². The Balaban J connectivity index is 1.60. The van der Waals surface area contributed by atoms with Gasteiger partial charge < -0.3 is 0 Å². The van der Waals surface area contributed by atoms with Crippen molar-refractivity contribution >= 4 is 37.3 Å². The van der Waals surface area contributed by atoms with Crippen LogP contribution in [0, 0.1) is 12.7 Å². The van der Waals surface area contributed by atoms with E-state index in [9.17, 15) is 12.8 Å². The van der Waals surface area contributed by atoms with Gasteiger partial charge in [-0.05, 0) is 67.1 Å². The van der Waals surface area contributed by atoms with Gasteiger partial charge in [-0.2, -0.15) is 0 Å². The van der Waals surface area contributed by atoms with Crippen LogP contribution in [0.1, 0.15) is 5.56 Å². The van der Waals surface area contributed by atoms with Crippen molar-refractivity contribution in [3.63, 3.8) is 0 Å². The van der Waals surface area contributed by atoms with Gasteiger partial charge in [0.2, 0.25) is 0 Å². The topological polar surface area (TPSA) is 59.1 Å². The second-order valence-corrected chi connectivity index (χ2v) is 8.84. The maximum Gasteiger partial charge on any atom is 0.261 e. The van der Waals surface area contributed by atoms with Gasteiger partial charge in [0.05, 0.1) is 15.1 Å². The lowest BCUT2D eigenvalue weighted by Crippen LogP contribution is -2.13. The minimum Gasteiger partial charge on any atom is -0.280 e. The number of halogens is 1. The summed E-state index contributed by atoms with van der Waals surface area (Å²) < 4.78 is 41.6. The fourth-order valence-electron chi connectivity index (χ4n) is 2.68. The molecule has 0 saturated carbocycles. The van der Waals surface area contributed by atoms with E-state index in [-0.39, 0.29) is 4.90 Å². The first-order chi connectivity index (χ1) is 12.9. The summed E-state index contributed by atoms with van der Waals surface area (Å²) in [6.45, 7) is 2.04.